The number of halogens is 2. The Hall–Kier alpha value is -2.68. The molecule has 0 N–H and O–H groups in total. The first kappa shape index (κ1) is 21.5. The molecule has 7 nitrogen and oxygen atoms in total. The van der Waals surface area contributed by atoms with Crippen LogP contribution in [0.15, 0.2) is 41.5 Å². The van der Waals surface area contributed by atoms with Gasteiger partial charge in [-0.05, 0) is 30.7 Å². The van der Waals surface area contributed by atoms with Gasteiger partial charge in [0.1, 0.15) is 12.1 Å². The van der Waals surface area contributed by atoms with Gasteiger partial charge in [0.05, 0.1) is 48.5 Å². The molecular weight excluding hydrogens is 425 g/mol. The summed E-state index contributed by atoms with van der Waals surface area (Å²) >= 11 is 5.87. The predicted octanol–water partition coefficient (Wildman–Crippen LogP) is 3.29. The standard InChI is InChI=1S/C22H23ClFN3O4/c1-29-20-13-19-16(12-21(20)31-8-2-5-26-6-9-30-10-7-26)22(28)27(14-25-19)15-3-4-18(24)17(23)11-15/h3-4,11-14H,2,5-10H2,1H3. The van der Waals surface area contributed by atoms with Crippen molar-refractivity contribution in [1.82, 2.24) is 14.5 Å². The van der Waals surface area contributed by atoms with E-state index in [-0.39, 0.29) is 10.6 Å². The minimum atomic E-state index is -0.551. The van der Waals surface area contributed by atoms with Gasteiger partial charge in [-0.25, -0.2) is 9.37 Å². The van der Waals surface area contributed by atoms with Gasteiger partial charge in [-0.3, -0.25) is 14.3 Å². The maximum Gasteiger partial charge on any atom is 0.265 e. The number of hydrogen-bond donors (Lipinski definition) is 0. The Labute approximate surface area is 183 Å². The zero-order valence-corrected chi connectivity index (χ0v) is 17.9. The quantitative estimate of drug-likeness (QED) is 0.518. The summed E-state index contributed by atoms with van der Waals surface area (Å²) in [7, 11) is 1.55. The van der Waals surface area contributed by atoms with Crippen molar-refractivity contribution in [2.45, 2.75) is 6.42 Å². The Balaban J connectivity index is 1.57. The number of methoxy groups -OCH3 is 1. The molecule has 0 bridgehead atoms. The first-order valence-corrected chi connectivity index (χ1v) is 10.4. The van der Waals surface area contributed by atoms with E-state index in [1.54, 1.807) is 19.2 Å². The summed E-state index contributed by atoms with van der Waals surface area (Å²) in [5.41, 5.74) is 0.593. The number of rotatable bonds is 7. The summed E-state index contributed by atoms with van der Waals surface area (Å²) < 4.78 is 31.5. The van der Waals surface area contributed by atoms with Gasteiger partial charge < -0.3 is 14.2 Å². The van der Waals surface area contributed by atoms with Crippen molar-refractivity contribution < 1.29 is 18.6 Å². The summed E-state index contributed by atoms with van der Waals surface area (Å²) in [6, 6.07) is 7.39. The molecule has 1 aromatic heterocycles. The summed E-state index contributed by atoms with van der Waals surface area (Å²) in [5.74, 6) is 0.434. The highest BCUT2D eigenvalue weighted by Gasteiger charge is 2.14. The van der Waals surface area contributed by atoms with Crippen molar-refractivity contribution in [3.8, 4) is 17.2 Å². The average Bonchev–Trinajstić information content (AvgIpc) is 2.79. The van der Waals surface area contributed by atoms with Crippen LogP contribution in [0.25, 0.3) is 16.6 Å². The molecule has 0 atom stereocenters. The zero-order valence-electron chi connectivity index (χ0n) is 17.1. The van der Waals surface area contributed by atoms with Gasteiger partial charge in [-0.1, -0.05) is 11.6 Å². The Kier molecular flexibility index (Phi) is 6.70. The van der Waals surface area contributed by atoms with Crippen molar-refractivity contribution in [3.63, 3.8) is 0 Å². The molecule has 4 rings (SSSR count). The van der Waals surface area contributed by atoms with E-state index in [0.717, 1.165) is 39.3 Å². The van der Waals surface area contributed by atoms with Gasteiger partial charge in [0.25, 0.3) is 5.56 Å². The Morgan fingerprint density at radius 3 is 2.74 bits per heavy atom. The molecule has 164 valence electrons. The van der Waals surface area contributed by atoms with E-state index in [0.29, 0.717) is 34.7 Å². The van der Waals surface area contributed by atoms with E-state index in [1.165, 1.54) is 29.1 Å². The smallest absolute Gasteiger partial charge is 0.265 e. The molecular formula is C22H23ClFN3O4. The van der Waals surface area contributed by atoms with Crippen LogP contribution in [-0.2, 0) is 4.74 Å². The SMILES string of the molecule is COc1cc2ncn(-c3ccc(F)c(Cl)c3)c(=O)c2cc1OCCCN1CCOCC1. The third-order valence-corrected chi connectivity index (χ3v) is 5.49. The van der Waals surface area contributed by atoms with E-state index < -0.39 is 5.82 Å². The zero-order chi connectivity index (χ0) is 21.8. The highest BCUT2D eigenvalue weighted by atomic mass is 35.5. The molecule has 1 fully saturated rings. The fraction of sp³-hybridized carbons (Fsp3) is 0.364. The van der Waals surface area contributed by atoms with Crippen molar-refractivity contribution in [2.75, 3.05) is 46.6 Å². The normalized spacial score (nSPS) is 14.7. The lowest BCUT2D eigenvalue weighted by Crippen LogP contribution is -2.37. The lowest BCUT2D eigenvalue weighted by molar-refractivity contribution is 0.0357. The van der Waals surface area contributed by atoms with E-state index in [2.05, 4.69) is 9.88 Å². The van der Waals surface area contributed by atoms with Crippen LogP contribution in [-0.4, -0.2) is 61.0 Å². The summed E-state index contributed by atoms with van der Waals surface area (Å²) in [6.07, 6.45) is 2.23. The van der Waals surface area contributed by atoms with Crippen molar-refractivity contribution >= 4 is 22.5 Å². The second kappa shape index (κ2) is 9.64. The number of benzene rings is 2. The Morgan fingerprint density at radius 1 is 1.19 bits per heavy atom. The van der Waals surface area contributed by atoms with Crippen LogP contribution < -0.4 is 15.0 Å². The van der Waals surface area contributed by atoms with E-state index in [4.69, 9.17) is 25.8 Å². The topological polar surface area (TPSA) is 65.8 Å². The summed E-state index contributed by atoms with van der Waals surface area (Å²) in [4.78, 5) is 19.8. The second-order valence-electron chi connectivity index (χ2n) is 7.19. The Morgan fingerprint density at radius 2 is 2.00 bits per heavy atom. The van der Waals surface area contributed by atoms with E-state index in [1.807, 2.05) is 0 Å². The largest absolute Gasteiger partial charge is 0.493 e. The molecule has 0 radical (unpaired) electrons. The molecule has 0 saturated carbocycles. The van der Waals surface area contributed by atoms with Crippen molar-refractivity contribution in [1.29, 1.82) is 0 Å². The predicted molar refractivity (Wildman–Crippen MR) is 116 cm³/mol. The second-order valence-corrected chi connectivity index (χ2v) is 7.60. The number of morpholine rings is 1. The summed E-state index contributed by atoms with van der Waals surface area (Å²) in [5, 5.41) is 0.301. The molecule has 0 aliphatic carbocycles. The fourth-order valence-electron chi connectivity index (χ4n) is 3.52. The molecule has 1 aliphatic rings. The maximum atomic E-state index is 13.5. The van der Waals surface area contributed by atoms with E-state index >= 15 is 0 Å². The number of aromatic nitrogens is 2. The lowest BCUT2D eigenvalue weighted by atomic mass is 10.2. The van der Waals surface area contributed by atoms with Crippen LogP contribution in [0.2, 0.25) is 5.02 Å². The molecule has 2 aromatic carbocycles. The highest BCUT2D eigenvalue weighted by molar-refractivity contribution is 6.30. The maximum absolute atomic E-state index is 13.5. The number of ether oxygens (including phenoxy) is 3. The monoisotopic (exact) mass is 447 g/mol. The molecule has 1 saturated heterocycles. The van der Waals surface area contributed by atoms with Crippen LogP contribution >= 0.6 is 11.6 Å². The van der Waals surface area contributed by atoms with Crippen LogP contribution in [0.4, 0.5) is 4.39 Å². The highest BCUT2D eigenvalue weighted by Crippen LogP contribution is 2.30. The van der Waals surface area contributed by atoms with Gasteiger partial charge in [0.2, 0.25) is 0 Å². The van der Waals surface area contributed by atoms with Gasteiger partial charge in [0.15, 0.2) is 11.5 Å². The Bertz CT molecular complexity index is 1130. The molecule has 0 unspecified atom stereocenters. The van der Waals surface area contributed by atoms with Gasteiger partial charge in [-0.15, -0.1) is 0 Å². The molecule has 0 amide bonds. The van der Waals surface area contributed by atoms with Gasteiger partial charge >= 0.3 is 0 Å². The molecule has 3 aromatic rings. The van der Waals surface area contributed by atoms with Gasteiger partial charge in [0, 0.05) is 25.7 Å². The van der Waals surface area contributed by atoms with E-state index in [9.17, 15) is 9.18 Å². The molecule has 31 heavy (non-hydrogen) atoms. The first-order valence-electron chi connectivity index (χ1n) is 10.0. The van der Waals surface area contributed by atoms with Crippen LogP contribution in [0, 0.1) is 5.82 Å². The number of nitrogens with zero attached hydrogens (tertiary/aromatic N) is 3. The fourth-order valence-corrected chi connectivity index (χ4v) is 3.69. The number of fused-ring (bicyclic) bond motifs is 1. The minimum Gasteiger partial charge on any atom is -0.493 e. The van der Waals surface area contributed by atoms with Gasteiger partial charge in [-0.2, -0.15) is 0 Å². The van der Waals surface area contributed by atoms with Crippen molar-refractivity contribution in [3.05, 3.63) is 57.9 Å². The third kappa shape index (κ3) is 4.81. The molecule has 9 heteroatoms. The van der Waals surface area contributed by atoms with Crippen LogP contribution in [0.1, 0.15) is 6.42 Å². The molecule has 0 spiro atoms. The van der Waals surface area contributed by atoms with Crippen molar-refractivity contribution in [2.24, 2.45) is 0 Å². The lowest BCUT2D eigenvalue weighted by Gasteiger charge is -2.26. The summed E-state index contributed by atoms with van der Waals surface area (Å²) in [6.45, 7) is 4.78. The van der Waals surface area contributed by atoms with Crippen LogP contribution in [0.5, 0.6) is 11.5 Å². The molecule has 1 aliphatic heterocycles. The van der Waals surface area contributed by atoms with Crippen LogP contribution in [0.3, 0.4) is 0 Å². The minimum absolute atomic E-state index is 0.0662. The number of hydrogen-bond acceptors (Lipinski definition) is 6. The third-order valence-electron chi connectivity index (χ3n) is 5.20. The molecule has 2 heterocycles. The average molecular weight is 448 g/mol. The first-order chi connectivity index (χ1) is 15.1.